The minimum atomic E-state index is -3.59. The molecule has 2 N–H and O–H groups in total. The molecule has 0 aromatic heterocycles. The highest BCUT2D eigenvalue weighted by Gasteiger charge is 2.25. The molecule has 0 radical (unpaired) electrons. The van der Waals surface area contributed by atoms with Crippen molar-refractivity contribution < 1.29 is 17.9 Å². The summed E-state index contributed by atoms with van der Waals surface area (Å²) in [7, 11) is -1.98. The van der Waals surface area contributed by atoms with Gasteiger partial charge >= 0.3 is 6.03 Å². The van der Waals surface area contributed by atoms with E-state index in [1.807, 2.05) is 0 Å². The average molecular weight is 360 g/mol. The monoisotopic (exact) mass is 360 g/mol. The second-order valence-corrected chi connectivity index (χ2v) is 8.03. The molecule has 2 aromatic carbocycles. The topological polar surface area (TPSA) is 89.7 Å². The second-order valence-electron chi connectivity index (χ2n) is 6.08. The van der Waals surface area contributed by atoms with Gasteiger partial charge in [-0.3, -0.25) is 0 Å². The van der Waals surface area contributed by atoms with Crippen molar-refractivity contribution >= 4 is 15.9 Å². The third-order valence-corrected chi connectivity index (χ3v) is 6.05. The van der Waals surface area contributed by atoms with Gasteiger partial charge in [0.2, 0.25) is 9.84 Å². The van der Waals surface area contributed by atoms with Crippen LogP contribution in [0.15, 0.2) is 58.3 Å². The summed E-state index contributed by atoms with van der Waals surface area (Å²) in [5.41, 5.74) is 6.21. The Balaban J connectivity index is 1.86. The van der Waals surface area contributed by atoms with Crippen LogP contribution in [0.1, 0.15) is 12.0 Å². The van der Waals surface area contributed by atoms with E-state index in [2.05, 4.69) is 0 Å². The quantitative estimate of drug-likeness (QED) is 0.905. The summed E-state index contributed by atoms with van der Waals surface area (Å²) in [5.74, 6) is 0.547. The lowest BCUT2D eigenvalue weighted by molar-refractivity contribution is 0.134. The van der Waals surface area contributed by atoms with Gasteiger partial charge in [-0.25, -0.2) is 13.2 Å². The van der Waals surface area contributed by atoms with Gasteiger partial charge in [0.1, 0.15) is 11.9 Å². The van der Waals surface area contributed by atoms with Crippen LogP contribution >= 0.6 is 0 Å². The van der Waals surface area contributed by atoms with Crippen molar-refractivity contribution in [1.82, 2.24) is 4.90 Å². The lowest BCUT2D eigenvalue weighted by atomic mass is 10.0. The fraction of sp³-hybridized carbons (Fsp3) is 0.278. The zero-order chi connectivity index (χ0) is 18.0. The molecule has 0 unspecified atom stereocenters. The molecule has 25 heavy (non-hydrogen) atoms. The van der Waals surface area contributed by atoms with Gasteiger partial charge in [0.25, 0.3) is 0 Å². The van der Waals surface area contributed by atoms with Gasteiger partial charge in [0.15, 0.2) is 0 Å². The van der Waals surface area contributed by atoms with Crippen LogP contribution in [0.5, 0.6) is 5.75 Å². The normalized spacial score (nSPS) is 16.6. The minimum Gasteiger partial charge on any atom is -0.488 e. The number of carbonyl (C=O) groups excluding carboxylic acids is 1. The number of likely N-dealkylation sites (N-methyl/N-ethyl adjacent to an activating group) is 1. The van der Waals surface area contributed by atoms with Crippen LogP contribution in [0.4, 0.5) is 4.79 Å². The van der Waals surface area contributed by atoms with Gasteiger partial charge in [0, 0.05) is 7.05 Å². The first-order valence-corrected chi connectivity index (χ1v) is 9.46. The molecule has 0 aliphatic carbocycles. The molecule has 1 atom stereocenters. The molecule has 2 aromatic rings. The number of aryl methyl sites for hydroxylation is 1. The van der Waals surface area contributed by atoms with Crippen LogP contribution in [0.2, 0.25) is 0 Å². The molecule has 3 rings (SSSR count). The van der Waals surface area contributed by atoms with Crippen molar-refractivity contribution in [3.63, 3.8) is 0 Å². The molecule has 0 bridgehead atoms. The summed E-state index contributed by atoms with van der Waals surface area (Å²) in [6.07, 6.45) is 1.30. The highest BCUT2D eigenvalue weighted by Crippen LogP contribution is 2.32. The Morgan fingerprint density at radius 3 is 2.60 bits per heavy atom. The number of sulfone groups is 1. The van der Waals surface area contributed by atoms with Crippen LogP contribution in [-0.2, 0) is 16.3 Å². The largest absolute Gasteiger partial charge is 0.488 e. The van der Waals surface area contributed by atoms with E-state index in [1.54, 1.807) is 55.6 Å². The fourth-order valence-corrected chi connectivity index (χ4v) is 4.13. The Hall–Kier alpha value is -2.54. The Bertz CT molecular complexity index is 881. The summed E-state index contributed by atoms with van der Waals surface area (Å²) in [4.78, 5) is 13.0. The zero-order valence-electron chi connectivity index (χ0n) is 13.9. The van der Waals surface area contributed by atoms with Gasteiger partial charge in [0.05, 0.1) is 16.3 Å². The summed E-state index contributed by atoms with van der Waals surface area (Å²) in [5, 5.41) is 0. The summed E-state index contributed by atoms with van der Waals surface area (Å²) in [6.45, 7) is 0.366. The van der Waals surface area contributed by atoms with Crippen molar-refractivity contribution in [2.75, 3.05) is 13.6 Å². The van der Waals surface area contributed by atoms with Gasteiger partial charge in [-0.1, -0.05) is 24.3 Å². The van der Waals surface area contributed by atoms with E-state index in [1.165, 1.54) is 4.90 Å². The molecule has 0 fully saturated rings. The molecule has 2 amide bonds. The number of benzene rings is 2. The summed E-state index contributed by atoms with van der Waals surface area (Å²) < 4.78 is 31.4. The molecule has 0 spiro atoms. The van der Waals surface area contributed by atoms with E-state index < -0.39 is 15.9 Å². The maximum atomic E-state index is 12.7. The average Bonchev–Trinajstić information content (AvgIpc) is 2.61. The van der Waals surface area contributed by atoms with E-state index in [9.17, 15) is 13.2 Å². The van der Waals surface area contributed by atoms with Crippen molar-refractivity contribution in [3.05, 3.63) is 54.1 Å². The Morgan fingerprint density at radius 2 is 1.92 bits per heavy atom. The fourth-order valence-electron chi connectivity index (χ4n) is 2.83. The van der Waals surface area contributed by atoms with Crippen LogP contribution in [0, 0.1) is 0 Å². The molecule has 0 saturated carbocycles. The highest BCUT2D eigenvalue weighted by atomic mass is 32.2. The van der Waals surface area contributed by atoms with Crippen molar-refractivity contribution in [2.24, 2.45) is 5.73 Å². The maximum Gasteiger partial charge on any atom is 0.314 e. The summed E-state index contributed by atoms with van der Waals surface area (Å²) >= 11 is 0. The molecule has 132 valence electrons. The van der Waals surface area contributed by atoms with E-state index >= 15 is 0 Å². The first-order valence-electron chi connectivity index (χ1n) is 7.98. The van der Waals surface area contributed by atoms with Crippen molar-refractivity contribution in [3.8, 4) is 5.75 Å². The number of ether oxygens (including phenoxy) is 1. The van der Waals surface area contributed by atoms with Crippen molar-refractivity contribution in [1.29, 1.82) is 0 Å². The number of carbonyl (C=O) groups is 1. The standard InChI is InChI=1S/C18H20N2O4S/c1-20(18(19)21)12-14-9-7-13-8-10-16(11-17(13)24-14)25(22,23)15-5-3-2-4-6-15/h2-6,8,10-11,14H,7,9,12H2,1H3,(H2,19,21)/t14-/m1/s1. The van der Waals surface area contributed by atoms with Crippen molar-refractivity contribution in [2.45, 2.75) is 28.7 Å². The number of hydrogen-bond donors (Lipinski definition) is 1. The molecule has 0 saturated heterocycles. The van der Waals surface area contributed by atoms with Gasteiger partial charge in [-0.2, -0.15) is 0 Å². The third kappa shape index (κ3) is 3.61. The van der Waals surface area contributed by atoms with Gasteiger partial charge < -0.3 is 15.4 Å². The minimum absolute atomic E-state index is 0.196. The number of rotatable bonds is 4. The van der Waals surface area contributed by atoms with Crippen LogP contribution in [0.25, 0.3) is 0 Å². The molecule has 1 aliphatic heterocycles. The summed E-state index contributed by atoms with van der Waals surface area (Å²) in [6, 6.07) is 12.7. The maximum absolute atomic E-state index is 12.7. The van der Waals surface area contributed by atoms with E-state index in [0.29, 0.717) is 12.3 Å². The molecule has 1 heterocycles. The molecular formula is C18H20N2O4S. The number of primary amides is 1. The number of fused-ring (bicyclic) bond motifs is 1. The highest BCUT2D eigenvalue weighted by molar-refractivity contribution is 7.91. The third-order valence-electron chi connectivity index (χ3n) is 4.29. The molecule has 6 nitrogen and oxygen atoms in total. The Labute approximate surface area is 147 Å². The van der Waals surface area contributed by atoms with Crippen LogP contribution in [0.3, 0.4) is 0 Å². The number of nitrogens with zero attached hydrogens (tertiary/aromatic N) is 1. The first kappa shape index (κ1) is 17.3. The Kier molecular flexibility index (Phi) is 4.67. The van der Waals surface area contributed by atoms with E-state index in [0.717, 1.165) is 18.4 Å². The smallest absolute Gasteiger partial charge is 0.314 e. The molecule has 1 aliphatic rings. The van der Waals surface area contributed by atoms with Gasteiger partial charge in [-0.15, -0.1) is 0 Å². The molecule has 7 heteroatoms. The first-order chi connectivity index (χ1) is 11.9. The number of nitrogens with two attached hydrogens (primary N) is 1. The predicted molar refractivity (Wildman–Crippen MR) is 93.3 cm³/mol. The van der Waals surface area contributed by atoms with Gasteiger partial charge in [-0.05, 0) is 42.7 Å². The lowest BCUT2D eigenvalue weighted by Crippen LogP contribution is -2.41. The zero-order valence-corrected chi connectivity index (χ0v) is 14.7. The number of urea groups is 1. The number of hydrogen-bond acceptors (Lipinski definition) is 4. The van der Waals surface area contributed by atoms with Crippen LogP contribution < -0.4 is 10.5 Å². The SMILES string of the molecule is CN(C[C@H]1CCc2ccc(S(=O)(=O)c3ccccc3)cc2O1)C(N)=O. The number of amides is 2. The van der Waals surface area contributed by atoms with Crippen LogP contribution in [-0.4, -0.2) is 39.0 Å². The van der Waals surface area contributed by atoms with E-state index in [-0.39, 0.29) is 15.9 Å². The predicted octanol–water partition coefficient (Wildman–Crippen LogP) is 2.22. The lowest BCUT2D eigenvalue weighted by Gasteiger charge is -2.29. The molecular weight excluding hydrogens is 340 g/mol. The second kappa shape index (κ2) is 6.76. The van der Waals surface area contributed by atoms with E-state index in [4.69, 9.17) is 10.5 Å². The Morgan fingerprint density at radius 1 is 1.20 bits per heavy atom.